The van der Waals surface area contributed by atoms with Crippen LogP contribution in [0.3, 0.4) is 0 Å². The highest BCUT2D eigenvalue weighted by atomic mass is 79.9. The monoisotopic (exact) mass is 373 g/mol. The number of aromatic nitrogens is 3. The van der Waals surface area contributed by atoms with Crippen molar-refractivity contribution in [1.29, 1.82) is 0 Å². The van der Waals surface area contributed by atoms with Gasteiger partial charge in [-0.3, -0.25) is 5.10 Å². The molecule has 0 aliphatic carbocycles. The first-order valence-electron chi connectivity index (χ1n) is 7.21. The molecule has 0 bridgehead atoms. The van der Waals surface area contributed by atoms with E-state index in [4.69, 9.17) is 9.47 Å². The summed E-state index contributed by atoms with van der Waals surface area (Å²) in [5.74, 6) is 2.72. The number of ether oxygens (including phenoxy) is 2. The molecule has 3 rings (SSSR count). The van der Waals surface area contributed by atoms with E-state index >= 15 is 0 Å². The number of hydrogen-bond acceptors (Lipinski definition) is 4. The molecule has 23 heavy (non-hydrogen) atoms. The molecule has 2 aromatic carbocycles. The third-order valence-electron chi connectivity index (χ3n) is 3.32. The van der Waals surface area contributed by atoms with Gasteiger partial charge in [0.15, 0.2) is 23.1 Å². The van der Waals surface area contributed by atoms with E-state index in [2.05, 4.69) is 31.1 Å². The molecule has 1 N–H and O–H groups in total. The van der Waals surface area contributed by atoms with Gasteiger partial charge in [-0.05, 0) is 37.3 Å². The van der Waals surface area contributed by atoms with Gasteiger partial charge in [0.25, 0.3) is 0 Å². The number of benzene rings is 2. The third-order valence-corrected chi connectivity index (χ3v) is 3.85. The predicted octanol–water partition coefficient (Wildman–Crippen LogP) is 4.31. The number of H-pyrrole nitrogens is 1. The molecule has 0 fully saturated rings. The highest BCUT2D eigenvalue weighted by Gasteiger charge is 2.11. The van der Waals surface area contributed by atoms with Crippen LogP contribution in [0.4, 0.5) is 0 Å². The quantitative estimate of drug-likeness (QED) is 0.723. The Morgan fingerprint density at radius 1 is 1.04 bits per heavy atom. The summed E-state index contributed by atoms with van der Waals surface area (Å²) in [6, 6.07) is 13.6. The fourth-order valence-electron chi connectivity index (χ4n) is 2.21. The van der Waals surface area contributed by atoms with Crippen LogP contribution in [0.1, 0.15) is 6.92 Å². The predicted molar refractivity (Wildman–Crippen MR) is 92.7 cm³/mol. The van der Waals surface area contributed by atoms with Crippen LogP contribution in [-0.2, 0) is 0 Å². The Labute approximate surface area is 142 Å². The van der Waals surface area contributed by atoms with Gasteiger partial charge in [-0.25, -0.2) is 4.98 Å². The summed E-state index contributed by atoms with van der Waals surface area (Å²) >= 11 is 3.42. The molecule has 118 valence electrons. The topological polar surface area (TPSA) is 60.0 Å². The van der Waals surface area contributed by atoms with Crippen molar-refractivity contribution in [2.75, 3.05) is 13.7 Å². The first-order valence-corrected chi connectivity index (χ1v) is 8.00. The molecule has 5 nitrogen and oxygen atoms in total. The van der Waals surface area contributed by atoms with Crippen LogP contribution in [0.25, 0.3) is 22.8 Å². The summed E-state index contributed by atoms with van der Waals surface area (Å²) in [5.41, 5.74) is 1.85. The molecule has 0 aliphatic heterocycles. The maximum atomic E-state index is 5.60. The van der Waals surface area contributed by atoms with Crippen LogP contribution in [0.5, 0.6) is 11.5 Å². The van der Waals surface area contributed by atoms with Crippen molar-refractivity contribution in [2.45, 2.75) is 6.92 Å². The van der Waals surface area contributed by atoms with Crippen molar-refractivity contribution in [3.05, 3.63) is 46.9 Å². The maximum absolute atomic E-state index is 5.60. The zero-order valence-corrected chi connectivity index (χ0v) is 14.4. The first-order chi connectivity index (χ1) is 11.2. The molecule has 6 heteroatoms. The zero-order valence-electron chi connectivity index (χ0n) is 12.8. The summed E-state index contributed by atoms with van der Waals surface area (Å²) in [6.07, 6.45) is 0. The van der Waals surface area contributed by atoms with Gasteiger partial charge in [-0.1, -0.05) is 28.1 Å². The third kappa shape index (κ3) is 3.37. The number of methoxy groups -OCH3 is 1. The Morgan fingerprint density at radius 2 is 1.78 bits per heavy atom. The summed E-state index contributed by atoms with van der Waals surface area (Å²) in [6.45, 7) is 2.50. The van der Waals surface area contributed by atoms with E-state index in [1.54, 1.807) is 7.11 Å². The Bertz CT molecular complexity index is 800. The van der Waals surface area contributed by atoms with Gasteiger partial charge in [0, 0.05) is 15.6 Å². The molecule has 0 saturated heterocycles. The van der Waals surface area contributed by atoms with Gasteiger partial charge in [0.05, 0.1) is 13.7 Å². The van der Waals surface area contributed by atoms with Gasteiger partial charge in [-0.15, -0.1) is 0 Å². The molecule has 0 aliphatic rings. The van der Waals surface area contributed by atoms with Crippen LogP contribution in [-0.4, -0.2) is 28.9 Å². The van der Waals surface area contributed by atoms with E-state index in [0.29, 0.717) is 23.9 Å². The van der Waals surface area contributed by atoms with Crippen LogP contribution in [0.15, 0.2) is 46.9 Å². The normalized spacial score (nSPS) is 10.6. The van der Waals surface area contributed by atoms with Crippen molar-refractivity contribution >= 4 is 15.9 Å². The number of hydrogen-bond donors (Lipinski definition) is 1. The van der Waals surface area contributed by atoms with Crippen LogP contribution in [0, 0.1) is 0 Å². The molecule has 0 amide bonds. The fourth-order valence-corrected chi connectivity index (χ4v) is 2.48. The minimum absolute atomic E-state index is 0.567. The molecule has 0 unspecified atom stereocenters. The Hall–Kier alpha value is -2.34. The number of nitrogens with one attached hydrogen (secondary N) is 1. The average Bonchev–Trinajstić information content (AvgIpc) is 3.06. The lowest BCUT2D eigenvalue weighted by Gasteiger charge is -2.09. The van der Waals surface area contributed by atoms with Crippen molar-refractivity contribution < 1.29 is 9.47 Å². The first kappa shape index (κ1) is 15.6. The second-order valence-electron chi connectivity index (χ2n) is 4.81. The van der Waals surface area contributed by atoms with Crippen LogP contribution in [0.2, 0.25) is 0 Å². The standard InChI is InChI=1S/C17H16BrN3O2/c1-3-23-15-10-12(6-9-14(15)22-2)17-19-16(20-21-17)11-4-7-13(18)8-5-11/h4-10H,3H2,1-2H3,(H,19,20,21). The van der Waals surface area contributed by atoms with Gasteiger partial charge in [0.2, 0.25) is 0 Å². The number of nitrogens with zero attached hydrogens (tertiary/aromatic N) is 2. The van der Waals surface area contributed by atoms with E-state index < -0.39 is 0 Å². The van der Waals surface area contributed by atoms with Crippen molar-refractivity contribution in [3.8, 4) is 34.3 Å². The maximum Gasteiger partial charge on any atom is 0.181 e. The number of aromatic amines is 1. The lowest BCUT2D eigenvalue weighted by molar-refractivity contribution is 0.311. The van der Waals surface area contributed by atoms with Crippen LogP contribution >= 0.6 is 15.9 Å². The summed E-state index contributed by atoms with van der Waals surface area (Å²) in [5, 5.41) is 7.27. The number of rotatable bonds is 5. The summed E-state index contributed by atoms with van der Waals surface area (Å²) in [7, 11) is 1.62. The van der Waals surface area contributed by atoms with Gasteiger partial charge < -0.3 is 9.47 Å². The molecule has 0 saturated carbocycles. The van der Waals surface area contributed by atoms with E-state index in [0.717, 1.165) is 21.4 Å². The number of halogens is 1. The largest absolute Gasteiger partial charge is 0.493 e. The molecule has 0 atom stereocenters. The Kier molecular flexibility index (Phi) is 4.62. The van der Waals surface area contributed by atoms with Crippen molar-refractivity contribution in [2.24, 2.45) is 0 Å². The second kappa shape index (κ2) is 6.83. The minimum atomic E-state index is 0.567. The van der Waals surface area contributed by atoms with Gasteiger partial charge in [-0.2, -0.15) is 5.10 Å². The molecule has 1 aromatic heterocycles. The molecule has 3 aromatic rings. The van der Waals surface area contributed by atoms with E-state index in [1.807, 2.05) is 49.4 Å². The SMILES string of the molecule is CCOc1cc(-c2n[nH]c(-c3ccc(Br)cc3)n2)ccc1OC. The molecular weight excluding hydrogens is 358 g/mol. The lowest BCUT2D eigenvalue weighted by atomic mass is 10.2. The molecule has 1 heterocycles. The summed E-state index contributed by atoms with van der Waals surface area (Å²) < 4.78 is 11.9. The highest BCUT2D eigenvalue weighted by Crippen LogP contribution is 2.32. The Morgan fingerprint density at radius 3 is 2.48 bits per heavy atom. The molecule has 0 spiro atoms. The van der Waals surface area contributed by atoms with Crippen LogP contribution < -0.4 is 9.47 Å². The van der Waals surface area contributed by atoms with Crippen molar-refractivity contribution in [1.82, 2.24) is 15.2 Å². The zero-order chi connectivity index (χ0) is 16.2. The summed E-state index contributed by atoms with van der Waals surface area (Å²) in [4.78, 5) is 4.56. The molecule has 0 radical (unpaired) electrons. The van der Waals surface area contributed by atoms with E-state index in [9.17, 15) is 0 Å². The van der Waals surface area contributed by atoms with E-state index in [-0.39, 0.29) is 0 Å². The van der Waals surface area contributed by atoms with Gasteiger partial charge in [0.1, 0.15) is 0 Å². The lowest BCUT2D eigenvalue weighted by Crippen LogP contribution is -1.96. The second-order valence-corrected chi connectivity index (χ2v) is 5.73. The molecular formula is C17H16BrN3O2. The fraction of sp³-hybridized carbons (Fsp3) is 0.176. The van der Waals surface area contributed by atoms with Gasteiger partial charge >= 0.3 is 0 Å². The average molecular weight is 374 g/mol. The smallest absolute Gasteiger partial charge is 0.181 e. The Balaban J connectivity index is 1.93. The van der Waals surface area contributed by atoms with Crippen molar-refractivity contribution in [3.63, 3.8) is 0 Å². The highest BCUT2D eigenvalue weighted by molar-refractivity contribution is 9.10. The minimum Gasteiger partial charge on any atom is -0.493 e. The van der Waals surface area contributed by atoms with E-state index in [1.165, 1.54) is 0 Å².